The number of carbonyl (C=O) groups excluding carboxylic acids is 2. The summed E-state index contributed by atoms with van der Waals surface area (Å²) in [7, 11) is 0. The van der Waals surface area contributed by atoms with Crippen LogP contribution in [-0.2, 0) is 9.47 Å². The van der Waals surface area contributed by atoms with E-state index in [0.29, 0.717) is 30.5 Å². The molecule has 1 aliphatic rings. The van der Waals surface area contributed by atoms with Crippen molar-refractivity contribution in [2.75, 3.05) is 25.1 Å². The smallest absolute Gasteiger partial charge is 0.412 e. The van der Waals surface area contributed by atoms with E-state index in [4.69, 9.17) is 9.47 Å². The maximum atomic E-state index is 12.1. The molecule has 2 N–H and O–H groups in total. The summed E-state index contributed by atoms with van der Waals surface area (Å²) >= 11 is 0. The lowest BCUT2D eigenvalue weighted by molar-refractivity contribution is 0.0535. The van der Waals surface area contributed by atoms with E-state index in [0.717, 1.165) is 19.4 Å². The molecule has 132 valence electrons. The zero-order valence-electron chi connectivity index (χ0n) is 14.4. The maximum absolute atomic E-state index is 12.1. The molecule has 0 bridgehead atoms. The first-order chi connectivity index (χ1) is 11.3. The van der Waals surface area contributed by atoms with Crippen molar-refractivity contribution in [3.05, 3.63) is 24.0 Å². The van der Waals surface area contributed by atoms with Crippen molar-refractivity contribution in [2.45, 2.75) is 39.2 Å². The topological polar surface area (TPSA) is 89.5 Å². The quantitative estimate of drug-likeness (QED) is 0.883. The number of hydrogen-bond acceptors (Lipinski definition) is 5. The molecule has 7 heteroatoms. The Labute approximate surface area is 142 Å². The monoisotopic (exact) mass is 335 g/mol. The molecule has 7 nitrogen and oxygen atoms in total. The van der Waals surface area contributed by atoms with E-state index < -0.39 is 11.7 Å². The van der Waals surface area contributed by atoms with E-state index >= 15 is 0 Å². The third kappa shape index (κ3) is 6.16. The molecule has 1 aliphatic heterocycles. The molecule has 2 heterocycles. The van der Waals surface area contributed by atoms with Gasteiger partial charge in [-0.2, -0.15) is 0 Å². The summed E-state index contributed by atoms with van der Waals surface area (Å²) in [5.74, 6) is 0.125. The zero-order valence-corrected chi connectivity index (χ0v) is 14.4. The van der Waals surface area contributed by atoms with Crippen molar-refractivity contribution in [1.29, 1.82) is 0 Å². The number of pyridine rings is 1. The van der Waals surface area contributed by atoms with Gasteiger partial charge in [-0.05, 0) is 51.7 Å². The third-order valence-electron chi connectivity index (χ3n) is 3.45. The van der Waals surface area contributed by atoms with Crippen LogP contribution in [0.25, 0.3) is 0 Å². The van der Waals surface area contributed by atoms with Gasteiger partial charge in [-0.25, -0.2) is 9.78 Å². The fraction of sp³-hybridized carbons (Fsp3) is 0.588. The van der Waals surface area contributed by atoms with E-state index in [9.17, 15) is 9.59 Å². The second-order valence-electron chi connectivity index (χ2n) is 6.85. The van der Waals surface area contributed by atoms with Crippen LogP contribution >= 0.6 is 0 Å². The number of nitrogens with one attached hydrogen (secondary N) is 2. The van der Waals surface area contributed by atoms with E-state index in [-0.39, 0.29) is 5.91 Å². The van der Waals surface area contributed by atoms with Crippen molar-refractivity contribution in [2.24, 2.45) is 5.92 Å². The maximum Gasteiger partial charge on any atom is 0.412 e. The summed E-state index contributed by atoms with van der Waals surface area (Å²) in [4.78, 5) is 27.8. The van der Waals surface area contributed by atoms with Gasteiger partial charge in [0.2, 0.25) is 0 Å². The van der Waals surface area contributed by atoms with Gasteiger partial charge < -0.3 is 14.8 Å². The van der Waals surface area contributed by atoms with Crippen LogP contribution in [0.2, 0.25) is 0 Å². The van der Waals surface area contributed by atoms with Crippen LogP contribution in [0.4, 0.5) is 10.5 Å². The fourth-order valence-electron chi connectivity index (χ4n) is 2.32. The normalized spacial score (nSPS) is 17.9. The largest absolute Gasteiger partial charge is 0.444 e. The van der Waals surface area contributed by atoms with E-state index in [1.54, 1.807) is 32.9 Å². The molecule has 0 unspecified atom stereocenters. The average molecular weight is 335 g/mol. The van der Waals surface area contributed by atoms with Crippen LogP contribution < -0.4 is 10.6 Å². The number of amides is 2. The molecule has 0 aromatic carbocycles. The number of nitrogens with zero attached hydrogens (tertiary/aromatic N) is 1. The fourth-order valence-corrected chi connectivity index (χ4v) is 2.32. The van der Waals surface area contributed by atoms with Crippen molar-refractivity contribution in [1.82, 2.24) is 10.3 Å². The molecule has 24 heavy (non-hydrogen) atoms. The van der Waals surface area contributed by atoms with Crippen LogP contribution in [-0.4, -0.2) is 42.3 Å². The van der Waals surface area contributed by atoms with Gasteiger partial charge in [0.05, 0.1) is 18.5 Å². The van der Waals surface area contributed by atoms with Gasteiger partial charge >= 0.3 is 6.09 Å². The molecule has 1 aromatic rings. The SMILES string of the molecule is CC(C)(C)OC(=O)Nc1ccc(C(=O)NC[C@H]2CCCOC2)nc1. The molecule has 1 aromatic heterocycles. The summed E-state index contributed by atoms with van der Waals surface area (Å²) in [5, 5.41) is 5.44. The van der Waals surface area contributed by atoms with E-state index in [1.807, 2.05) is 0 Å². The molecule has 0 radical (unpaired) electrons. The Hall–Kier alpha value is -2.15. The number of hydrogen-bond donors (Lipinski definition) is 2. The summed E-state index contributed by atoms with van der Waals surface area (Å²) < 4.78 is 10.5. The lowest BCUT2D eigenvalue weighted by Crippen LogP contribution is -2.33. The Bertz CT molecular complexity index is 560. The molecule has 2 amide bonds. The van der Waals surface area contributed by atoms with Crippen LogP contribution in [0.5, 0.6) is 0 Å². The highest BCUT2D eigenvalue weighted by molar-refractivity contribution is 5.93. The van der Waals surface area contributed by atoms with Gasteiger partial charge in [0.15, 0.2) is 0 Å². The minimum Gasteiger partial charge on any atom is -0.444 e. The molecule has 1 fully saturated rings. The Morgan fingerprint density at radius 2 is 2.17 bits per heavy atom. The summed E-state index contributed by atoms with van der Waals surface area (Å²) in [6.07, 6.45) is 2.97. The minimum atomic E-state index is -0.569. The first-order valence-corrected chi connectivity index (χ1v) is 8.15. The first-order valence-electron chi connectivity index (χ1n) is 8.15. The highest BCUT2D eigenvalue weighted by atomic mass is 16.6. The summed E-state index contributed by atoms with van der Waals surface area (Å²) in [6, 6.07) is 3.19. The summed E-state index contributed by atoms with van der Waals surface area (Å²) in [5.41, 5.74) is 0.211. The van der Waals surface area contributed by atoms with Gasteiger partial charge in [0.25, 0.3) is 5.91 Å². The predicted molar refractivity (Wildman–Crippen MR) is 90.0 cm³/mol. The third-order valence-corrected chi connectivity index (χ3v) is 3.45. The Kier molecular flexibility index (Phi) is 6.14. The number of carbonyl (C=O) groups is 2. The molecule has 1 saturated heterocycles. The highest BCUT2D eigenvalue weighted by Gasteiger charge is 2.17. The highest BCUT2D eigenvalue weighted by Crippen LogP contribution is 2.13. The number of aromatic nitrogens is 1. The van der Waals surface area contributed by atoms with Gasteiger partial charge in [-0.3, -0.25) is 10.1 Å². The van der Waals surface area contributed by atoms with Crippen LogP contribution in [0.1, 0.15) is 44.1 Å². The molecular formula is C17H25N3O4. The molecule has 2 rings (SSSR count). The molecule has 0 spiro atoms. The van der Waals surface area contributed by atoms with Crippen molar-refractivity contribution >= 4 is 17.7 Å². The first kappa shape index (κ1) is 18.2. The number of anilines is 1. The van der Waals surface area contributed by atoms with E-state index in [2.05, 4.69) is 15.6 Å². The van der Waals surface area contributed by atoms with Crippen molar-refractivity contribution in [3.63, 3.8) is 0 Å². The van der Waals surface area contributed by atoms with Crippen molar-refractivity contribution in [3.8, 4) is 0 Å². The standard InChI is InChI=1S/C17H25N3O4/c1-17(2,3)24-16(22)20-13-6-7-14(18-10-13)15(21)19-9-12-5-4-8-23-11-12/h6-7,10,12H,4-5,8-9,11H2,1-3H3,(H,19,21)(H,20,22)/t12-/m1/s1. The Morgan fingerprint density at radius 1 is 1.38 bits per heavy atom. The lowest BCUT2D eigenvalue weighted by Gasteiger charge is -2.22. The average Bonchev–Trinajstić information content (AvgIpc) is 2.52. The second kappa shape index (κ2) is 8.10. The number of rotatable bonds is 4. The predicted octanol–water partition coefficient (Wildman–Crippen LogP) is 2.59. The Morgan fingerprint density at radius 3 is 2.75 bits per heavy atom. The summed E-state index contributed by atoms with van der Waals surface area (Å²) in [6.45, 7) is 7.43. The molecule has 0 saturated carbocycles. The minimum absolute atomic E-state index is 0.232. The van der Waals surface area contributed by atoms with Gasteiger partial charge in [0.1, 0.15) is 11.3 Å². The van der Waals surface area contributed by atoms with Gasteiger partial charge in [-0.1, -0.05) is 0 Å². The molecule has 0 aliphatic carbocycles. The van der Waals surface area contributed by atoms with Crippen LogP contribution in [0.3, 0.4) is 0 Å². The van der Waals surface area contributed by atoms with Crippen molar-refractivity contribution < 1.29 is 19.1 Å². The van der Waals surface area contributed by atoms with Gasteiger partial charge in [0, 0.05) is 13.2 Å². The van der Waals surface area contributed by atoms with Crippen LogP contribution in [0.15, 0.2) is 18.3 Å². The molecule has 1 atom stereocenters. The van der Waals surface area contributed by atoms with Gasteiger partial charge in [-0.15, -0.1) is 0 Å². The number of ether oxygens (including phenoxy) is 2. The second-order valence-corrected chi connectivity index (χ2v) is 6.85. The van der Waals surface area contributed by atoms with Crippen LogP contribution in [0, 0.1) is 5.92 Å². The zero-order chi connectivity index (χ0) is 17.6. The molecular weight excluding hydrogens is 310 g/mol. The lowest BCUT2D eigenvalue weighted by atomic mass is 10.0. The Balaban J connectivity index is 1.82. The van der Waals surface area contributed by atoms with E-state index in [1.165, 1.54) is 6.20 Å².